The fourth-order valence-corrected chi connectivity index (χ4v) is 1.04. The SMILES string of the molecule is COc1ncc(C(=O)OC(C)C)nc1C. The fraction of sp³-hybridized carbons (Fsp3) is 0.500. The molecule has 1 aromatic heterocycles. The first-order valence-electron chi connectivity index (χ1n) is 4.63. The van der Waals surface area contributed by atoms with Crippen molar-refractivity contribution >= 4 is 5.97 Å². The molecule has 0 saturated heterocycles. The van der Waals surface area contributed by atoms with Crippen LogP contribution in [0.5, 0.6) is 5.88 Å². The second-order valence-electron chi connectivity index (χ2n) is 3.30. The van der Waals surface area contributed by atoms with Crippen LogP contribution in [0.1, 0.15) is 30.0 Å². The number of hydrogen-bond acceptors (Lipinski definition) is 5. The van der Waals surface area contributed by atoms with Crippen LogP contribution in [0.3, 0.4) is 0 Å². The lowest BCUT2D eigenvalue weighted by molar-refractivity contribution is 0.0370. The summed E-state index contributed by atoms with van der Waals surface area (Å²) < 4.78 is 9.92. The molecule has 1 heterocycles. The standard InChI is InChI=1S/C10H14N2O3/c1-6(2)15-10(13)8-5-11-9(14-4)7(3)12-8/h5-6H,1-4H3. The minimum Gasteiger partial charge on any atom is -0.480 e. The third kappa shape index (κ3) is 2.90. The van der Waals surface area contributed by atoms with Crippen molar-refractivity contribution in [3.8, 4) is 5.88 Å². The average Bonchev–Trinajstić information content (AvgIpc) is 2.16. The highest BCUT2D eigenvalue weighted by Gasteiger charge is 2.13. The van der Waals surface area contributed by atoms with Gasteiger partial charge >= 0.3 is 5.97 Å². The van der Waals surface area contributed by atoms with Crippen LogP contribution in [0, 0.1) is 6.92 Å². The number of ether oxygens (including phenoxy) is 2. The van der Waals surface area contributed by atoms with Gasteiger partial charge in [0.15, 0.2) is 5.69 Å². The molecule has 1 aromatic rings. The van der Waals surface area contributed by atoms with Crippen molar-refractivity contribution in [1.29, 1.82) is 0 Å². The predicted octanol–water partition coefficient (Wildman–Crippen LogP) is 1.36. The molecule has 0 bridgehead atoms. The minimum atomic E-state index is -0.469. The maximum Gasteiger partial charge on any atom is 0.358 e. The van der Waals surface area contributed by atoms with Gasteiger partial charge in [-0.15, -0.1) is 0 Å². The normalized spacial score (nSPS) is 10.2. The van der Waals surface area contributed by atoms with Gasteiger partial charge in [-0.25, -0.2) is 14.8 Å². The van der Waals surface area contributed by atoms with Gasteiger partial charge in [-0.3, -0.25) is 0 Å². The van der Waals surface area contributed by atoms with E-state index in [2.05, 4.69) is 9.97 Å². The summed E-state index contributed by atoms with van der Waals surface area (Å²) in [7, 11) is 1.50. The molecule has 5 heteroatoms. The Bertz CT molecular complexity index is 364. The van der Waals surface area contributed by atoms with Gasteiger partial charge in [-0.2, -0.15) is 0 Å². The molecule has 0 aliphatic rings. The highest BCUT2D eigenvalue weighted by Crippen LogP contribution is 2.11. The van der Waals surface area contributed by atoms with E-state index in [1.165, 1.54) is 13.3 Å². The first kappa shape index (κ1) is 11.4. The second kappa shape index (κ2) is 4.72. The Morgan fingerprint density at radius 1 is 1.47 bits per heavy atom. The van der Waals surface area contributed by atoms with Crippen LogP contribution in [0.2, 0.25) is 0 Å². The number of methoxy groups -OCH3 is 1. The molecule has 1 rings (SSSR count). The highest BCUT2D eigenvalue weighted by atomic mass is 16.5. The van der Waals surface area contributed by atoms with Gasteiger partial charge in [0.2, 0.25) is 5.88 Å². The van der Waals surface area contributed by atoms with E-state index in [4.69, 9.17) is 9.47 Å². The Morgan fingerprint density at radius 2 is 2.13 bits per heavy atom. The van der Waals surface area contributed by atoms with Gasteiger partial charge < -0.3 is 9.47 Å². The third-order valence-corrected chi connectivity index (χ3v) is 1.65. The molecular weight excluding hydrogens is 196 g/mol. The highest BCUT2D eigenvalue weighted by molar-refractivity contribution is 5.87. The first-order chi connectivity index (χ1) is 7.04. The molecule has 0 fully saturated rings. The topological polar surface area (TPSA) is 61.3 Å². The Hall–Kier alpha value is -1.65. The molecular formula is C10H14N2O3. The maximum absolute atomic E-state index is 11.4. The van der Waals surface area contributed by atoms with Crippen molar-refractivity contribution in [3.05, 3.63) is 17.6 Å². The van der Waals surface area contributed by atoms with Crippen LogP contribution in [-0.4, -0.2) is 29.2 Å². The van der Waals surface area contributed by atoms with Crippen LogP contribution in [0.4, 0.5) is 0 Å². The molecule has 5 nitrogen and oxygen atoms in total. The fourth-order valence-electron chi connectivity index (χ4n) is 1.04. The zero-order valence-corrected chi connectivity index (χ0v) is 9.27. The first-order valence-corrected chi connectivity index (χ1v) is 4.63. The Kier molecular flexibility index (Phi) is 3.60. The second-order valence-corrected chi connectivity index (χ2v) is 3.30. The molecule has 0 aliphatic carbocycles. The van der Waals surface area contributed by atoms with Crippen molar-refractivity contribution in [1.82, 2.24) is 9.97 Å². The van der Waals surface area contributed by atoms with Gasteiger partial charge in [-0.05, 0) is 20.8 Å². The van der Waals surface area contributed by atoms with E-state index in [9.17, 15) is 4.79 Å². The van der Waals surface area contributed by atoms with Crippen molar-refractivity contribution in [2.24, 2.45) is 0 Å². The van der Waals surface area contributed by atoms with Crippen LogP contribution in [0.15, 0.2) is 6.20 Å². The Balaban J connectivity index is 2.87. The van der Waals surface area contributed by atoms with E-state index >= 15 is 0 Å². The summed E-state index contributed by atoms with van der Waals surface area (Å²) in [5.74, 6) is -0.0562. The molecule has 0 radical (unpaired) electrons. The molecule has 0 aromatic carbocycles. The predicted molar refractivity (Wildman–Crippen MR) is 53.9 cm³/mol. The van der Waals surface area contributed by atoms with Gasteiger partial charge in [0.25, 0.3) is 0 Å². The summed E-state index contributed by atoms with van der Waals surface area (Å²) in [6.07, 6.45) is 1.18. The number of hydrogen-bond donors (Lipinski definition) is 0. The van der Waals surface area contributed by atoms with E-state index in [-0.39, 0.29) is 11.8 Å². The van der Waals surface area contributed by atoms with E-state index in [0.29, 0.717) is 11.6 Å². The third-order valence-electron chi connectivity index (χ3n) is 1.65. The van der Waals surface area contributed by atoms with Crippen molar-refractivity contribution < 1.29 is 14.3 Å². The molecule has 0 aliphatic heterocycles. The van der Waals surface area contributed by atoms with Crippen molar-refractivity contribution in [2.45, 2.75) is 26.9 Å². The van der Waals surface area contributed by atoms with Crippen LogP contribution < -0.4 is 4.74 Å². The van der Waals surface area contributed by atoms with Gasteiger partial charge in [0, 0.05) is 0 Å². The van der Waals surface area contributed by atoms with Crippen molar-refractivity contribution in [3.63, 3.8) is 0 Å². The number of carbonyl (C=O) groups excluding carboxylic acids is 1. The van der Waals surface area contributed by atoms with E-state index in [1.54, 1.807) is 20.8 Å². The van der Waals surface area contributed by atoms with Gasteiger partial charge in [-0.1, -0.05) is 0 Å². The molecule has 0 saturated carbocycles. The van der Waals surface area contributed by atoms with Crippen molar-refractivity contribution in [2.75, 3.05) is 7.11 Å². The van der Waals surface area contributed by atoms with Crippen LogP contribution in [-0.2, 0) is 4.74 Å². The lowest BCUT2D eigenvalue weighted by Crippen LogP contribution is -2.14. The lowest BCUT2D eigenvalue weighted by atomic mass is 10.4. The molecule has 0 N–H and O–H groups in total. The number of aryl methyl sites for hydroxylation is 1. The largest absolute Gasteiger partial charge is 0.480 e. The summed E-state index contributed by atoms with van der Waals surface area (Å²) >= 11 is 0. The molecule has 0 unspecified atom stereocenters. The number of esters is 1. The molecule has 0 atom stereocenters. The van der Waals surface area contributed by atoms with E-state index in [1.807, 2.05) is 0 Å². The maximum atomic E-state index is 11.4. The smallest absolute Gasteiger partial charge is 0.358 e. The zero-order chi connectivity index (χ0) is 11.4. The summed E-state index contributed by atoms with van der Waals surface area (Å²) in [5.41, 5.74) is 0.762. The summed E-state index contributed by atoms with van der Waals surface area (Å²) in [5, 5.41) is 0. The number of nitrogens with zero attached hydrogens (tertiary/aromatic N) is 2. The van der Waals surface area contributed by atoms with E-state index < -0.39 is 5.97 Å². The quantitative estimate of drug-likeness (QED) is 0.705. The van der Waals surface area contributed by atoms with Gasteiger partial charge in [0.05, 0.1) is 19.4 Å². The minimum absolute atomic E-state index is 0.165. The van der Waals surface area contributed by atoms with E-state index in [0.717, 1.165) is 0 Å². The lowest BCUT2D eigenvalue weighted by Gasteiger charge is -2.08. The van der Waals surface area contributed by atoms with Gasteiger partial charge in [0.1, 0.15) is 5.69 Å². The van der Waals surface area contributed by atoms with Crippen LogP contribution in [0.25, 0.3) is 0 Å². The zero-order valence-electron chi connectivity index (χ0n) is 9.27. The summed E-state index contributed by atoms with van der Waals surface area (Å²) in [4.78, 5) is 19.4. The monoisotopic (exact) mass is 210 g/mol. The Labute approximate surface area is 88.4 Å². The molecule has 0 amide bonds. The number of rotatable bonds is 3. The summed E-state index contributed by atoms with van der Waals surface area (Å²) in [6.45, 7) is 5.28. The molecule has 0 spiro atoms. The average molecular weight is 210 g/mol. The molecule has 15 heavy (non-hydrogen) atoms. The molecule has 82 valence electrons. The number of carbonyl (C=O) groups is 1. The Morgan fingerprint density at radius 3 is 2.60 bits per heavy atom. The van der Waals surface area contributed by atoms with Crippen LogP contribution >= 0.6 is 0 Å². The summed E-state index contributed by atoms with van der Waals surface area (Å²) in [6, 6.07) is 0. The number of aromatic nitrogens is 2.